The maximum atomic E-state index is 12.5. The predicted molar refractivity (Wildman–Crippen MR) is 86.2 cm³/mol. The van der Waals surface area contributed by atoms with E-state index in [2.05, 4.69) is 5.32 Å². The molecule has 1 aromatic rings. The third-order valence-electron chi connectivity index (χ3n) is 4.21. The van der Waals surface area contributed by atoms with Gasteiger partial charge in [0.1, 0.15) is 6.04 Å². The van der Waals surface area contributed by atoms with E-state index in [4.69, 9.17) is 16.3 Å². The van der Waals surface area contributed by atoms with Crippen molar-refractivity contribution in [2.75, 3.05) is 45.9 Å². The van der Waals surface area contributed by atoms with Gasteiger partial charge in [0.2, 0.25) is 11.8 Å². The predicted octanol–water partition coefficient (Wildman–Crippen LogP) is 0.672. The van der Waals surface area contributed by atoms with Crippen LogP contribution >= 0.6 is 11.6 Å². The minimum Gasteiger partial charge on any atom is -0.378 e. The molecule has 6 nitrogen and oxygen atoms in total. The fraction of sp³-hybridized carbons (Fsp3) is 0.500. The second-order valence-corrected chi connectivity index (χ2v) is 6.09. The van der Waals surface area contributed by atoms with Crippen molar-refractivity contribution in [3.63, 3.8) is 0 Å². The number of hydrogen-bond acceptors (Lipinski definition) is 4. The highest BCUT2D eigenvalue weighted by molar-refractivity contribution is 6.31. The number of nitrogens with zero attached hydrogens (tertiary/aromatic N) is 2. The van der Waals surface area contributed by atoms with Gasteiger partial charge in [-0.15, -0.1) is 0 Å². The lowest BCUT2D eigenvalue weighted by Gasteiger charge is -2.37. The van der Waals surface area contributed by atoms with Gasteiger partial charge in [0, 0.05) is 31.2 Å². The van der Waals surface area contributed by atoms with E-state index in [1.165, 1.54) is 0 Å². The third-order valence-corrected chi connectivity index (χ3v) is 4.56. The van der Waals surface area contributed by atoms with Gasteiger partial charge in [-0.2, -0.15) is 0 Å². The third kappa shape index (κ3) is 3.65. The first-order valence-corrected chi connectivity index (χ1v) is 8.16. The van der Waals surface area contributed by atoms with Crippen molar-refractivity contribution in [2.24, 2.45) is 0 Å². The lowest BCUT2D eigenvalue weighted by molar-refractivity contribution is -0.139. The number of benzene rings is 1. The maximum Gasteiger partial charge on any atom is 0.242 e. The molecule has 0 aliphatic carbocycles. The van der Waals surface area contributed by atoms with Gasteiger partial charge in [-0.25, -0.2) is 0 Å². The molecule has 124 valence electrons. The van der Waals surface area contributed by atoms with Crippen LogP contribution in [-0.4, -0.2) is 67.6 Å². The summed E-state index contributed by atoms with van der Waals surface area (Å²) >= 11 is 6.25. The van der Waals surface area contributed by atoms with Crippen LogP contribution in [0, 0.1) is 0 Å². The first-order chi connectivity index (χ1) is 11.2. The monoisotopic (exact) mass is 337 g/mol. The summed E-state index contributed by atoms with van der Waals surface area (Å²) < 4.78 is 5.27. The van der Waals surface area contributed by atoms with E-state index in [1.807, 2.05) is 23.1 Å². The van der Waals surface area contributed by atoms with E-state index in [1.54, 1.807) is 11.0 Å². The minimum atomic E-state index is -0.526. The first kappa shape index (κ1) is 16.2. The van der Waals surface area contributed by atoms with Crippen LogP contribution in [0.3, 0.4) is 0 Å². The van der Waals surface area contributed by atoms with Gasteiger partial charge in [-0.3, -0.25) is 14.5 Å². The number of rotatable bonds is 3. The fourth-order valence-electron chi connectivity index (χ4n) is 3.01. The van der Waals surface area contributed by atoms with Gasteiger partial charge in [-0.1, -0.05) is 29.8 Å². The van der Waals surface area contributed by atoms with E-state index < -0.39 is 6.04 Å². The Hall–Kier alpha value is -1.63. The molecular formula is C16H20ClN3O3. The Morgan fingerprint density at radius 2 is 2.00 bits per heavy atom. The highest BCUT2D eigenvalue weighted by Gasteiger charge is 2.34. The summed E-state index contributed by atoms with van der Waals surface area (Å²) in [7, 11) is 0. The molecule has 1 atom stereocenters. The number of amides is 2. The van der Waals surface area contributed by atoms with Crippen molar-refractivity contribution < 1.29 is 14.3 Å². The van der Waals surface area contributed by atoms with Gasteiger partial charge >= 0.3 is 0 Å². The molecule has 0 spiro atoms. The fourth-order valence-corrected chi connectivity index (χ4v) is 3.25. The molecule has 1 aromatic carbocycles. The van der Waals surface area contributed by atoms with E-state index >= 15 is 0 Å². The number of halogens is 1. The smallest absolute Gasteiger partial charge is 0.242 e. The van der Waals surface area contributed by atoms with Crippen molar-refractivity contribution in [3.05, 3.63) is 34.9 Å². The molecule has 3 rings (SSSR count). The molecule has 2 fully saturated rings. The summed E-state index contributed by atoms with van der Waals surface area (Å²) in [5.74, 6) is -0.0841. The van der Waals surface area contributed by atoms with Crippen LogP contribution in [0.4, 0.5) is 0 Å². The zero-order valence-electron chi connectivity index (χ0n) is 12.8. The molecule has 23 heavy (non-hydrogen) atoms. The standard InChI is InChI=1S/C16H20ClN3O3/c17-13-4-2-1-3-12(13)15-16(22)18-5-6-20(15)11-14(21)19-7-9-23-10-8-19/h1-4,15H,5-11H2,(H,18,22). The molecule has 2 aliphatic heterocycles. The highest BCUT2D eigenvalue weighted by atomic mass is 35.5. The van der Waals surface area contributed by atoms with Crippen LogP contribution in [0.15, 0.2) is 24.3 Å². The molecule has 7 heteroatoms. The average Bonchev–Trinajstić information content (AvgIpc) is 2.57. The zero-order valence-corrected chi connectivity index (χ0v) is 13.6. The largest absolute Gasteiger partial charge is 0.378 e. The topological polar surface area (TPSA) is 61.9 Å². The van der Waals surface area contributed by atoms with E-state index in [0.29, 0.717) is 44.4 Å². The summed E-state index contributed by atoms with van der Waals surface area (Å²) in [4.78, 5) is 28.5. The van der Waals surface area contributed by atoms with Crippen molar-refractivity contribution >= 4 is 23.4 Å². The molecule has 0 saturated carbocycles. The van der Waals surface area contributed by atoms with Crippen LogP contribution in [0.5, 0.6) is 0 Å². The number of nitrogens with one attached hydrogen (secondary N) is 1. The number of hydrogen-bond donors (Lipinski definition) is 1. The molecule has 1 unspecified atom stereocenters. The van der Waals surface area contributed by atoms with E-state index in [-0.39, 0.29) is 18.4 Å². The van der Waals surface area contributed by atoms with Crippen molar-refractivity contribution in [1.82, 2.24) is 15.1 Å². The van der Waals surface area contributed by atoms with Gasteiger partial charge in [0.05, 0.1) is 19.8 Å². The van der Waals surface area contributed by atoms with Gasteiger partial charge in [0.15, 0.2) is 0 Å². The molecule has 2 heterocycles. The Labute approximate surface area is 140 Å². The summed E-state index contributed by atoms with van der Waals surface area (Å²) in [6.07, 6.45) is 0. The average molecular weight is 338 g/mol. The normalized spacial score (nSPS) is 22.7. The molecule has 2 aliphatic rings. The van der Waals surface area contributed by atoms with Crippen LogP contribution in [0.2, 0.25) is 5.02 Å². The maximum absolute atomic E-state index is 12.5. The van der Waals surface area contributed by atoms with Gasteiger partial charge < -0.3 is 15.0 Å². The van der Waals surface area contributed by atoms with Crippen molar-refractivity contribution in [1.29, 1.82) is 0 Å². The molecule has 0 aromatic heterocycles. The second kappa shape index (κ2) is 7.29. The van der Waals surface area contributed by atoms with Crippen molar-refractivity contribution in [3.8, 4) is 0 Å². The molecule has 0 radical (unpaired) electrons. The van der Waals surface area contributed by atoms with Crippen LogP contribution in [-0.2, 0) is 14.3 Å². The Balaban J connectivity index is 1.77. The molecule has 0 bridgehead atoms. The molecule has 2 amide bonds. The summed E-state index contributed by atoms with van der Waals surface area (Å²) in [6, 6.07) is 6.76. The van der Waals surface area contributed by atoms with Gasteiger partial charge in [-0.05, 0) is 11.6 Å². The lowest BCUT2D eigenvalue weighted by atomic mass is 10.0. The van der Waals surface area contributed by atoms with Crippen molar-refractivity contribution in [2.45, 2.75) is 6.04 Å². The number of carbonyl (C=O) groups excluding carboxylic acids is 2. The minimum absolute atomic E-state index is 0.0278. The number of carbonyl (C=O) groups is 2. The Kier molecular flexibility index (Phi) is 5.15. The van der Waals surface area contributed by atoms with Crippen LogP contribution in [0.1, 0.15) is 11.6 Å². The highest BCUT2D eigenvalue weighted by Crippen LogP contribution is 2.29. The Bertz CT molecular complexity index is 590. The van der Waals surface area contributed by atoms with Crippen LogP contribution in [0.25, 0.3) is 0 Å². The van der Waals surface area contributed by atoms with E-state index in [9.17, 15) is 9.59 Å². The first-order valence-electron chi connectivity index (χ1n) is 7.78. The summed E-state index contributed by atoms with van der Waals surface area (Å²) in [5.41, 5.74) is 0.737. The zero-order chi connectivity index (χ0) is 16.2. The number of piperazine rings is 1. The SMILES string of the molecule is O=C1NCCN(CC(=O)N2CCOCC2)C1c1ccccc1Cl. The Morgan fingerprint density at radius 3 is 2.74 bits per heavy atom. The molecule has 1 N–H and O–H groups in total. The molecule has 2 saturated heterocycles. The second-order valence-electron chi connectivity index (χ2n) is 5.68. The number of morpholine rings is 1. The molecular weight excluding hydrogens is 318 g/mol. The van der Waals surface area contributed by atoms with Crippen LogP contribution < -0.4 is 5.32 Å². The lowest BCUT2D eigenvalue weighted by Crippen LogP contribution is -2.54. The quantitative estimate of drug-likeness (QED) is 0.880. The Morgan fingerprint density at radius 1 is 1.26 bits per heavy atom. The van der Waals surface area contributed by atoms with Gasteiger partial charge in [0.25, 0.3) is 0 Å². The number of ether oxygens (including phenoxy) is 1. The van der Waals surface area contributed by atoms with E-state index in [0.717, 1.165) is 5.56 Å². The summed E-state index contributed by atoms with van der Waals surface area (Å²) in [5, 5.41) is 3.40. The summed E-state index contributed by atoms with van der Waals surface area (Å²) in [6.45, 7) is 3.72.